The van der Waals surface area contributed by atoms with Gasteiger partial charge in [-0.1, -0.05) is 18.2 Å². The molecule has 0 atom stereocenters. The van der Waals surface area contributed by atoms with Gasteiger partial charge in [-0.15, -0.1) is 24.0 Å². The zero-order valence-corrected chi connectivity index (χ0v) is 18.5. The maximum atomic E-state index is 14.1. The maximum absolute atomic E-state index is 14.1. The normalized spacial score (nSPS) is 14.8. The van der Waals surface area contributed by atoms with Gasteiger partial charge >= 0.3 is 5.97 Å². The van der Waals surface area contributed by atoms with Crippen LogP contribution in [0.1, 0.15) is 40.3 Å². The van der Waals surface area contributed by atoms with Crippen molar-refractivity contribution in [1.29, 1.82) is 0 Å². The zero-order valence-electron chi connectivity index (χ0n) is 16.2. The Morgan fingerprint density at radius 2 is 2.04 bits per heavy atom. The monoisotopic (exact) mass is 501 g/mol. The lowest BCUT2D eigenvalue weighted by molar-refractivity contribution is 0.0599. The Bertz CT molecular complexity index is 862. The summed E-state index contributed by atoms with van der Waals surface area (Å²) in [6.45, 7) is 2.68. The summed E-state index contributed by atoms with van der Waals surface area (Å²) in [7, 11) is 3.01. The van der Waals surface area contributed by atoms with E-state index < -0.39 is 5.97 Å². The van der Waals surface area contributed by atoms with E-state index in [0.717, 1.165) is 18.4 Å². The van der Waals surface area contributed by atoms with E-state index in [2.05, 4.69) is 15.6 Å². The van der Waals surface area contributed by atoms with Gasteiger partial charge in [-0.05, 0) is 37.5 Å². The molecular weight excluding hydrogens is 476 g/mol. The van der Waals surface area contributed by atoms with Crippen molar-refractivity contribution in [3.05, 3.63) is 58.8 Å². The number of aryl methyl sites for hydroxylation is 1. The highest BCUT2D eigenvalue weighted by molar-refractivity contribution is 14.0. The topological polar surface area (TPSA) is 75.9 Å². The number of carbonyl (C=O) groups is 1. The van der Waals surface area contributed by atoms with Crippen molar-refractivity contribution in [3.63, 3.8) is 0 Å². The third-order valence-corrected chi connectivity index (χ3v) is 4.92. The summed E-state index contributed by atoms with van der Waals surface area (Å²) in [5, 5.41) is 6.41. The van der Waals surface area contributed by atoms with Crippen molar-refractivity contribution in [2.24, 2.45) is 4.99 Å². The second-order valence-electron chi connectivity index (χ2n) is 6.71. The number of ether oxygens (including phenoxy) is 1. The Labute approximate surface area is 181 Å². The second-order valence-corrected chi connectivity index (χ2v) is 6.71. The van der Waals surface area contributed by atoms with E-state index in [1.807, 2.05) is 12.1 Å². The Kier molecular flexibility index (Phi) is 7.45. The van der Waals surface area contributed by atoms with Gasteiger partial charge in [-0.25, -0.2) is 9.18 Å². The molecule has 1 aromatic heterocycles. The van der Waals surface area contributed by atoms with Crippen molar-refractivity contribution >= 4 is 35.9 Å². The molecule has 0 unspecified atom stereocenters. The van der Waals surface area contributed by atoms with Gasteiger partial charge in [-0.2, -0.15) is 0 Å². The largest absolute Gasteiger partial charge is 0.465 e. The molecule has 0 bridgehead atoms. The fourth-order valence-corrected chi connectivity index (χ4v) is 3.17. The molecule has 2 N–H and O–H groups in total. The van der Waals surface area contributed by atoms with E-state index >= 15 is 0 Å². The molecule has 1 aliphatic carbocycles. The predicted molar refractivity (Wildman–Crippen MR) is 116 cm³/mol. The molecule has 1 heterocycles. The van der Waals surface area contributed by atoms with Crippen molar-refractivity contribution in [1.82, 2.24) is 10.6 Å². The number of hydrogen-bond acceptors (Lipinski definition) is 4. The van der Waals surface area contributed by atoms with Crippen LogP contribution in [0.15, 0.2) is 39.7 Å². The molecule has 28 heavy (non-hydrogen) atoms. The first kappa shape index (κ1) is 22.2. The first-order valence-corrected chi connectivity index (χ1v) is 8.86. The lowest BCUT2D eigenvalue weighted by Gasteiger charge is -2.19. The summed E-state index contributed by atoms with van der Waals surface area (Å²) in [5.41, 5.74) is 0.980. The molecule has 2 aromatic rings. The van der Waals surface area contributed by atoms with Gasteiger partial charge < -0.3 is 19.8 Å². The molecule has 1 fully saturated rings. The van der Waals surface area contributed by atoms with Crippen LogP contribution in [0.25, 0.3) is 0 Å². The number of benzene rings is 1. The van der Waals surface area contributed by atoms with Crippen LogP contribution in [0.4, 0.5) is 4.39 Å². The lowest BCUT2D eigenvalue weighted by atomic mass is 9.95. The van der Waals surface area contributed by atoms with Gasteiger partial charge in [0.1, 0.15) is 22.9 Å². The van der Waals surface area contributed by atoms with E-state index in [0.29, 0.717) is 36.1 Å². The van der Waals surface area contributed by atoms with E-state index in [9.17, 15) is 9.18 Å². The highest BCUT2D eigenvalue weighted by atomic mass is 127. The molecule has 0 radical (unpaired) electrons. The molecule has 3 rings (SSSR count). The number of hydrogen-bond donors (Lipinski definition) is 2. The number of nitrogens with one attached hydrogen (secondary N) is 2. The molecule has 8 heteroatoms. The minimum atomic E-state index is -0.425. The summed E-state index contributed by atoms with van der Waals surface area (Å²) in [6, 6.07) is 8.57. The van der Waals surface area contributed by atoms with E-state index in [-0.39, 0.29) is 35.2 Å². The molecule has 0 aliphatic heterocycles. The summed E-state index contributed by atoms with van der Waals surface area (Å²) in [5.74, 6) is 1.11. The van der Waals surface area contributed by atoms with Gasteiger partial charge in [0.25, 0.3) is 0 Å². The first-order valence-electron chi connectivity index (χ1n) is 8.86. The lowest BCUT2D eigenvalue weighted by Crippen LogP contribution is -2.41. The van der Waals surface area contributed by atoms with Crippen LogP contribution in [-0.4, -0.2) is 32.6 Å². The number of nitrogens with zero attached hydrogens (tertiary/aromatic N) is 1. The number of esters is 1. The van der Waals surface area contributed by atoms with E-state index in [4.69, 9.17) is 9.15 Å². The molecule has 1 aromatic carbocycles. The quantitative estimate of drug-likeness (QED) is 0.274. The molecule has 1 saturated carbocycles. The van der Waals surface area contributed by atoms with Crippen LogP contribution in [0.5, 0.6) is 0 Å². The van der Waals surface area contributed by atoms with Crippen molar-refractivity contribution in [2.45, 2.75) is 31.7 Å². The summed E-state index contributed by atoms with van der Waals surface area (Å²) in [6.07, 6.45) is 1.88. The van der Waals surface area contributed by atoms with E-state index in [1.165, 1.54) is 13.2 Å². The molecule has 6 nitrogen and oxygen atoms in total. The molecule has 152 valence electrons. The first-order chi connectivity index (χ1) is 13.0. The minimum absolute atomic E-state index is 0. The Hall–Kier alpha value is -2.10. The summed E-state index contributed by atoms with van der Waals surface area (Å²) in [4.78, 5) is 15.9. The zero-order chi connectivity index (χ0) is 19.4. The van der Waals surface area contributed by atoms with Crippen molar-refractivity contribution in [2.75, 3.05) is 20.7 Å². The van der Waals surface area contributed by atoms with Crippen LogP contribution >= 0.6 is 24.0 Å². The number of carbonyl (C=O) groups excluding carboxylic acids is 1. The van der Waals surface area contributed by atoms with Crippen LogP contribution < -0.4 is 10.6 Å². The fourth-order valence-electron chi connectivity index (χ4n) is 3.17. The average molecular weight is 501 g/mol. The number of furan rings is 1. The third-order valence-electron chi connectivity index (χ3n) is 4.92. The van der Waals surface area contributed by atoms with Gasteiger partial charge in [0.2, 0.25) is 0 Å². The predicted octanol–water partition coefficient (Wildman–Crippen LogP) is 3.53. The van der Waals surface area contributed by atoms with Crippen molar-refractivity contribution < 1.29 is 18.3 Å². The van der Waals surface area contributed by atoms with Crippen LogP contribution in [0.2, 0.25) is 0 Å². The van der Waals surface area contributed by atoms with Gasteiger partial charge in [0.15, 0.2) is 5.96 Å². The number of rotatable bonds is 6. The SMILES string of the molecule is CN=C(NCc1cc(C(=O)OC)c(C)o1)NCC1(c2ccccc2F)CC1.I. The third kappa shape index (κ3) is 4.84. The Morgan fingerprint density at radius 1 is 1.32 bits per heavy atom. The minimum Gasteiger partial charge on any atom is -0.465 e. The van der Waals surface area contributed by atoms with Gasteiger partial charge in [0.05, 0.1) is 13.7 Å². The average Bonchev–Trinajstić information content (AvgIpc) is 3.37. The fraction of sp³-hybridized carbons (Fsp3) is 0.400. The molecular formula is C20H25FIN3O3. The highest BCUT2D eigenvalue weighted by Gasteiger charge is 2.45. The standard InChI is InChI=1S/C20H24FN3O3.HI/c1-13-15(18(25)26-3)10-14(27-13)11-23-19(22-2)24-12-20(8-9-20)16-6-4-5-7-17(16)21;/h4-7,10H,8-9,11-12H2,1-3H3,(H2,22,23,24);1H. The number of methoxy groups -OCH3 is 1. The Morgan fingerprint density at radius 3 is 2.64 bits per heavy atom. The molecule has 1 aliphatic rings. The van der Waals surface area contributed by atoms with Crippen LogP contribution in [0.3, 0.4) is 0 Å². The second kappa shape index (κ2) is 9.40. The van der Waals surface area contributed by atoms with Crippen LogP contribution in [-0.2, 0) is 16.7 Å². The molecule has 0 amide bonds. The van der Waals surface area contributed by atoms with Gasteiger partial charge in [0, 0.05) is 19.0 Å². The van der Waals surface area contributed by atoms with Gasteiger partial charge in [-0.3, -0.25) is 4.99 Å². The number of guanidine groups is 1. The number of halogens is 2. The Balaban J connectivity index is 0.00000280. The van der Waals surface area contributed by atoms with Crippen molar-refractivity contribution in [3.8, 4) is 0 Å². The molecule has 0 saturated heterocycles. The molecule has 0 spiro atoms. The van der Waals surface area contributed by atoms with E-state index in [1.54, 1.807) is 26.1 Å². The van der Waals surface area contributed by atoms with Crippen LogP contribution in [0, 0.1) is 12.7 Å². The smallest absolute Gasteiger partial charge is 0.341 e. The summed E-state index contributed by atoms with van der Waals surface area (Å²) >= 11 is 0. The summed E-state index contributed by atoms with van der Waals surface area (Å²) < 4.78 is 24.4. The number of aliphatic imine (C=N–C) groups is 1. The maximum Gasteiger partial charge on any atom is 0.341 e. The highest BCUT2D eigenvalue weighted by Crippen LogP contribution is 2.48.